The summed E-state index contributed by atoms with van der Waals surface area (Å²) in [6, 6.07) is 0. The van der Waals surface area contributed by atoms with Gasteiger partial charge in [0, 0.05) is 12.3 Å². The molecule has 1 N–H and O–H groups in total. The van der Waals surface area contributed by atoms with E-state index in [1.165, 1.54) is 44.9 Å². The lowest BCUT2D eigenvalue weighted by Crippen LogP contribution is -2.57. The number of rotatable bonds is 5. The fourth-order valence-electron chi connectivity index (χ4n) is 9.26. The van der Waals surface area contributed by atoms with Crippen LogP contribution in [0, 0.1) is 51.8 Å². The highest BCUT2D eigenvalue weighted by Gasteiger charge is 2.62. The van der Waals surface area contributed by atoms with Crippen LogP contribution in [0.1, 0.15) is 112 Å². The molecule has 4 fully saturated rings. The van der Waals surface area contributed by atoms with Gasteiger partial charge in [0.15, 0.2) is 0 Å². The average Bonchev–Trinajstić information content (AvgIpc) is 2.97. The summed E-state index contributed by atoms with van der Waals surface area (Å²) in [6.07, 6.45) is 12.7. The summed E-state index contributed by atoms with van der Waals surface area (Å²) in [4.78, 5) is 13.5. The van der Waals surface area contributed by atoms with Gasteiger partial charge >= 0.3 is 0 Å². The summed E-state index contributed by atoms with van der Waals surface area (Å²) in [5, 5.41) is 10.2. The Morgan fingerprint density at radius 1 is 1.03 bits per heavy atom. The summed E-state index contributed by atoms with van der Waals surface area (Å²) in [5.74, 6) is 4.07. The summed E-state index contributed by atoms with van der Waals surface area (Å²) in [6.45, 7) is 14.7. The maximum absolute atomic E-state index is 13.5. The van der Waals surface area contributed by atoms with E-state index < -0.39 is 0 Å². The number of aliphatic hydroxyl groups excluding tert-OH is 1. The molecule has 8 unspecified atom stereocenters. The van der Waals surface area contributed by atoms with Gasteiger partial charge in [-0.15, -0.1) is 0 Å². The zero-order chi connectivity index (χ0) is 21.9. The first-order valence-corrected chi connectivity index (χ1v) is 13.2. The van der Waals surface area contributed by atoms with Gasteiger partial charge < -0.3 is 5.11 Å². The first kappa shape index (κ1) is 22.8. The van der Waals surface area contributed by atoms with Gasteiger partial charge in [0.05, 0.1) is 6.10 Å². The Labute approximate surface area is 186 Å². The third kappa shape index (κ3) is 3.82. The molecule has 2 heteroatoms. The van der Waals surface area contributed by atoms with Crippen molar-refractivity contribution >= 4 is 5.78 Å². The molecule has 0 aromatic heterocycles. The van der Waals surface area contributed by atoms with E-state index in [9.17, 15) is 9.90 Å². The van der Waals surface area contributed by atoms with Crippen molar-refractivity contribution in [3.8, 4) is 0 Å². The van der Waals surface area contributed by atoms with Gasteiger partial charge in [-0.05, 0) is 110 Å². The maximum atomic E-state index is 13.5. The lowest BCUT2D eigenvalue weighted by molar-refractivity contribution is -0.160. The Morgan fingerprint density at radius 2 is 1.70 bits per heavy atom. The Hall–Kier alpha value is -0.370. The minimum absolute atomic E-state index is 0.175. The fourth-order valence-corrected chi connectivity index (χ4v) is 9.26. The Kier molecular flexibility index (Phi) is 6.00. The van der Waals surface area contributed by atoms with Crippen LogP contribution in [0.2, 0.25) is 0 Å². The van der Waals surface area contributed by atoms with Crippen LogP contribution in [0.4, 0.5) is 0 Å². The predicted molar refractivity (Wildman–Crippen MR) is 124 cm³/mol. The predicted octanol–water partition coefficient (Wildman–Crippen LogP) is 7.04. The smallest absolute Gasteiger partial charge is 0.136 e. The van der Waals surface area contributed by atoms with Crippen LogP contribution in [-0.2, 0) is 4.79 Å². The molecule has 0 amide bonds. The lowest BCUT2D eigenvalue weighted by Gasteiger charge is -2.60. The third-order valence-electron chi connectivity index (χ3n) is 10.8. The molecule has 0 bridgehead atoms. The van der Waals surface area contributed by atoms with Gasteiger partial charge in [0.1, 0.15) is 5.78 Å². The molecule has 0 heterocycles. The molecule has 0 saturated heterocycles. The van der Waals surface area contributed by atoms with Gasteiger partial charge in [-0.3, -0.25) is 4.79 Å². The second-order valence-electron chi connectivity index (χ2n) is 13.7. The van der Waals surface area contributed by atoms with E-state index in [1.807, 2.05) is 0 Å². The van der Waals surface area contributed by atoms with Crippen LogP contribution in [-0.4, -0.2) is 17.0 Å². The molecule has 2 nitrogen and oxygen atoms in total. The maximum Gasteiger partial charge on any atom is 0.136 e. The van der Waals surface area contributed by atoms with E-state index in [0.29, 0.717) is 40.3 Å². The third-order valence-corrected chi connectivity index (χ3v) is 10.8. The van der Waals surface area contributed by atoms with Crippen molar-refractivity contribution in [2.24, 2.45) is 51.8 Å². The highest BCUT2D eigenvalue weighted by Crippen LogP contribution is 2.67. The first-order valence-electron chi connectivity index (χ1n) is 13.2. The second-order valence-corrected chi connectivity index (χ2v) is 13.7. The second kappa shape index (κ2) is 7.89. The summed E-state index contributed by atoms with van der Waals surface area (Å²) in [5.41, 5.74) is 1.10. The number of carbonyl (C=O) groups excluding carboxylic acids is 1. The number of carbonyl (C=O) groups is 1. The number of hydrogen-bond acceptors (Lipinski definition) is 2. The number of fused-ring (bicyclic) bond motifs is 5. The zero-order valence-corrected chi connectivity index (χ0v) is 20.7. The molecule has 4 aliphatic rings. The van der Waals surface area contributed by atoms with E-state index in [0.717, 1.165) is 37.5 Å². The summed E-state index contributed by atoms with van der Waals surface area (Å²) < 4.78 is 0. The quantitative estimate of drug-likeness (QED) is 0.522. The number of Topliss-reactive ketones (excluding diaryl/α,β-unsaturated/α-hetero) is 1. The van der Waals surface area contributed by atoms with E-state index >= 15 is 0 Å². The highest BCUT2D eigenvalue weighted by atomic mass is 16.3. The molecule has 4 rings (SSSR count). The van der Waals surface area contributed by atoms with Gasteiger partial charge in [-0.2, -0.15) is 0 Å². The molecule has 30 heavy (non-hydrogen) atoms. The van der Waals surface area contributed by atoms with Gasteiger partial charge in [0.25, 0.3) is 0 Å². The van der Waals surface area contributed by atoms with Crippen molar-refractivity contribution in [1.29, 1.82) is 0 Å². The average molecular weight is 417 g/mol. The molecular formula is C28H48O2. The van der Waals surface area contributed by atoms with Crippen LogP contribution in [0.25, 0.3) is 0 Å². The van der Waals surface area contributed by atoms with Crippen molar-refractivity contribution in [3.05, 3.63) is 0 Å². The Morgan fingerprint density at radius 3 is 2.40 bits per heavy atom. The van der Waals surface area contributed by atoms with Gasteiger partial charge in [0.2, 0.25) is 0 Å². The molecule has 172 valence electrons. The van der Waals surface area contributed by atoms with Crippen molar-refractivity contribution in [1.82, 2.24) is 0 Å². The lowest BCUT2D eigenvalue weighted by atomic mass is 9.44. The molecule has 0 spiro atoms. The monoisotopic (exact) mass is 416 g/mol. The Bertz CT molecular complexity index is 651. The first-order chi connectivity index (χ1) is 14.0. The molecule has 4 saturated carbocycles. The fraction of sp³-hybridized carbons (Fsp3) is 0.964. The molecule has 8 atom stereocenters. The zero-order valence-electron chi connectivity index (χ0n) is 20.7. The van der Waals surface area contributed by atoms with E-state index in [2.05, 4.69) is 41.5 Å². The standard InChI is InChI=1S/C28H48O2/c1-18(2)17-26(3,4)12-9-19-7-8-22-25-23(11-14-27(19,22)5)28(6)13-10-21(29)15-20(28)16-24(25)30/h18-23,25,29H,7-17H2,1-6H3. The SMILES string of the molecule is CC(C)CC(C)(C)CCC1CCC2C3C(=O)CC4CC(O)CCC4(C)C3CCC12C. The Balaban J connectivity index is 1.50. The van der Waals surface area contributed by atoms with Crippen LogP contribution >= 0.6 is 0 Å². The highest BCUT2D eigenvalue weighted by molar-refractivity contribution is 5.83. The van der Waals surface area contributed by atoms with Crippen LogP contribution < -0.4 is 0 Å². The molecule has 0 aromatic carbocycles. The van der Waals surface area contributed by atoms with Crippen LogP contribution in [0.15, 0.2) is 0 Å². The molecular weight excluding hydrogens is 368 g/mol. The van der Waals surface area contributed by atoms with E-state index in [4.69, 9.17) is 0 Å². The van der Waals surface area contributed by atoms with Crippen molar-refractivity contribution in [2.45, 2.75) is 118 Å². The van der Waals surface area contributed by atoms with E-state index in [1.54, 1.807) is 0 Å². The van der Waals surface area contributed by atoms with Crippen LogP contribution in [0.3, 0.4) is 0 Å². The molecule has 0 radical (unpaired) electrons. The normalized spacial score (nSPS) is 46.5. The molecule has 0 aliphatic heterocycles. The topological polar surface area (TPSA) is 37.3 Å². The minimum Gasteiger partial charge on any atom is -0.393 e. The molecule has 0 aromatic rings. The number of hydrogen-bond donors (Lipinski definition) is 1. The minimum atomic E-state index is -0.175. The molecule has 4 aliphatic carbocycles. The van der Waals surface area contributed by atoms with Gasteiger partial charge in [-0.1, -0.05) is 41.5 Å². The van der Waals surface area contributed by atoms with Crippen molar-refractivity contribution in [3.63, 3.8) is 0 Å². The largest absolute Gasteiger partial charge is 0.393 e. The van der Waals surface area contributed by atoms with E-state index in [-0.39, 0.29) is 11.5 Å². The van der Waals surface area contributed by atoms with Crippen molar-refractivity contribution < 1.29 is 9.90 Å². The summed E-state index contributed by atoms with van der Waals surface area (Å²) >= 11 is 0. The number of ketones is 1. The van der Waals surface area contributed by atoms with Gasteiger partial charge in [-0.25, -0.2) is 0 Å². The number of aliphatic hydroxyl groups is 1. The van der Waals surface area contributed by atoms with Crippen LogP contribution in [0.5, 0.6) is 0 Å². The summed E-state index contributed by atoms with van der Waals surface area (Å²) in [7, 11) is 0. The van der Waals surface area contributed by atoms with Crippen molar-refractivity contribution in [2.75, 3.05) is 0 Å².